The second-order valence-electron chi connectivity index (χ2n) is 7.28. The van der Waals surface area contributed by atoms with Gasteiger partial charge in [0.25, 0.3) is 0 Å². The van der Waals surface area contributed by atoms with E-state index in [2.05, 4.69) is 15.3 Å². The second-order valence-corrected chi connectivity index (χ2v) is 8.75. The quantitative estimate of drug-likeness (QED) is 0.523. The normalized spacial score (nSPS) is 22.4. The van der Waals surface area contributed by atoms with Gasteiger partial charge in [-0.25, -0.2) is 9.97 Å². The lowest BCUT2D eigenvalue weighted by Crippen LogP contribution is -2.41. The minimum atomic E-state index is -4.37. The van der Waals surface area contributed by atoms with Crippen LogP contribution in [0, 0.1) is 0 Å². The zero-order chi connectivity index (χ0) is 20.6. The van der Waals surface area contributed by atoms with Gasteiger partial charge in [0.1, 0.15) is 17.8 Å². The molecule has 4 rings (SSSR count). The van der Waals surface area contributed by atoms with E-state index < -0.39 is 22.4 Å². The average Bonchev–Trinajstić information content (AvgIpc) is 3.29. The average molecular weight is 417 g/mol. The molecule has 3 N–H and O–H groups in total. The van der Waals surface area contributed by atoms with Crippen LogP contribution in [-0.2, 0) is 16.8 Å². The molecule has 0 saturated heterocycles. The number of benzene rings is 1. The molecule has 0 bridgehead atoms. The Morgan fingerprint density at radius 3 is 2.69 bits per heavy atom. The van der Waals surface area contributed by atoms with E-state index in [0.717, 1.165) is 15.3 Å². The molecule has 0 unspecified atom stereocenters. The Kier molecular flexibility index (Phi) is 5.26. The third-order valence-corrected chi connectivity index (χ3v) is 6.51. The lowest BCUT2D eigenvalue weighted by atomic mass is 10.2. The van der Waals surface area contributed by atoms with Gasteiger partial charge in [0.2, 0.25) is 0 Å². The monoisotopic (exact) mass is 417 g/mol. The predicted octanol–water partition coefficient (Wildman–Crippen LogP) is 1.84. The van der Waals surface area contributed by atoms with Crippen molar-refractivity contribution in [2.45, 2.75) is 37.6 Å². The van der Waals surface area contributed by atoms with E-state index in [0.29, 0.717) is 30.9 Å². The maximum atomic E-state index is 11.4. The minimum absolute atomic E-state index is 0.145. The van der Waals surface area contributed by atoms with Crippen LogP contribution >= 0.6 is 0 Å². The first-order chi connectivity index (χ1) is 13.8. The van der Waals surface area contributed by atoms with Gasteiger partial charge in [0, 0.05) is 25.8 Å². The number of nitrogens with one attached hydrogen (secondary N) is 1. The van der Waals surface area contributed by atoms with Crippen molar-refractivity contribution in [1.82, 2.24) is 18.8 Å². The Morgan fingerprint density at radius 1 is 1.21 bits per heavy atom. The zero-order valence-electron chi connectivity index (χ0n) is 15.9. The maximum absolute atomic E-state index is 11.4. The number of aliphatic hydroxyl groups excluding tert-OH is 1. The summed E-state index contributed by atoms with van der Waals surface area (Å²) in [7, 11) is -3.09. The summed E-state index contributed by atoms with van der Waals surface area (Å²) in [6.07, 6.45) is 3.23. The standard InChI is InChI=1S/C19H23N5O4S/c1-23(29(26,27)28)16-9-14(10-17(16)25)24-8-7-15-18(21-12-22-19(15)24)20-11-13-5-3-2-4-6-13/h2-8,12,14,16-17,25H,9-11H2,1H3,(H,20,21,22)(H,26,27,28)/t14-,16+,17+/m1/s1. The number of hydrogen-bond acceptors (Lipinski definition) is 6. The smallest absolute Gasteiger partial charge is 0.335 e. The van der Waals surface area contributed by atoms with Crippen molar-refractivity contribution >= 4 is 27.2 Å². The van der Waals surface area contributed by atoms with E-state index in [1.54, 1.807) is 0 Å². The summed E-state index contributed by atoms with van der Waals surface area (Å²) < 4.78 is 34.9. The highest BCUT2D eigenvalue weighted by molar-refractivity contribution is 7.83. The highest BCUT2D eigenvalue weighted by Crippen LogP contribution is 2.36. The van der Waals surface area contributed by atoms with E-state index in [-0.39, 0.29) is 6.04 Å². The molecule has 0 aliphatic heterocycles. The molecule has 154 valence electrons. The number of likely N-dealkylation sites (N-methyl/N-ethyl adjacent to an activating group) is 1. The highest BCUT2D eigenvalue weighted by Gasteiger charge is 2.40. The topological polar surface area (TPSA) is 121 Å². The Labute approximate surface area is 168 Å². The van der Waals surface area contributed by atoms with Crippen molar-refractivity contribution in [1.29, 1.82) is 0 Å². The van der Waals surface area contributed by atoms with E-state index >= 15 is 0 Å². The van der Waals surface area contributed by atoms with Crippen molar-refractivity contribution < 1.29 is 18.1 Å². The molecule has 1 saturated carbocycles. The van der Waals surface area contributed by atoms with Crippen LogP contribution in [0.2, 0.25) is 0 Å². The fourth-order valence-corrected chi connectivity index (χ4v) is 4.51. The summed E-state index contributed by atoms with van der Waals surface area (Å²) >= 11 is 0. The molecule has 1 fully saturated rings. The second kappa shape index (κ2) is 7.71. The highest BCUT2D eigenvalue weighted by atomic mass is 32.2. The zero-order valence-corrected chi connectivity index (χ0v) is 16.7. The van der Waals surface area contributed by atoms with Gasteiger partial charge in [-0.05, 0) is 24.5 Å². The van der Waals surface area contributed by atoms with Crippen molar-refractivity contribution in [3.63, 3.8) is 0 Å². The van der Waals surface area contributed by atoms with E-state index in [9.17, 15) is 18.1 Å². The Hall–Kier alpha value is -2.53. The lowest BCUT2D eigenvalue weighted by molar-refractivity contribution is 0.117. The molecule has 2 heterocycles. The summed E-state index contributed by atoms with van der Waals surface area (Å²) in [5, 5.41) is 14.5. The SMILES string of the molecule is CN([C@H]1C[C@@H](n2ccc3c(NCc4ccccc4)ncnc32)C[C@@H]1O)S(=O)(=O)O. The fraction of sp³-hybridized carbons (Fsp3) is 0.368. The Morgan fingerprint density at radius 2 is 1.97 bits per heavy atom. The molecule has 10 heteroatoms. The summed E-state index contributed by atoms with van der Waals surface area (Å²) in [4.78, 5) is 8.74. The summed E-state index contributed by atoms with van der Waals surface area (Å²) in [6.45, 7) is 0.626. The van der Waals surface area contributed by atoms with Gasteiger partial charge >= 0.3 is 10.3 Å². The van der Waals surface area contributed by atoms with E-state index in [1.165, 1.54) is 13.4 Å². The maximum Gasteiger partial charge on any atom is 0.335 e. The van der Waals surface area contributed by atoms with Gasteiger partial charge in [-0.3, -0.25) is 4.55 Å². The molecule has 1 aliphatic carbocycles. The van der Waals surface area contributed by atoms with Gasteiger partial charge < -0.3 is 15.0 Å². The largest absolute Gasteiger partial charge is 0.391 e. The lowest BCUT2D eigenvalue weighted by Gasteiger charge is -2.23. The predicted molar refractivity (Wildman–Crippen MR) is 109 cm³/mol. The van der Waals surface area contributed by atoms with Crippen LogP contribution in [0.15, 0.2) is 48.9 Å². The van der Waals surface area contributed by atoms with Gasteiger partial charge in [-0.2, -0.15) is 12.7 Å². The Balaban J connectivity index is 1.57. The number of aromatic nitrogens is 3. The fourth-order valence-electron chi connectivity index (χ4n) is 3.95. The van der Waals surface area contributed by atoms with E-state index in [1.807, 2.05) is 47.2 Å². The number of hydrogen-bond donors (Lipinski definition) is 3. The van der Waals surface area contributed by atoms with Crippen LogP contribution in [0.1, 0.15) is 24.4 Å². The van der Waals surface area contributed by atoms with Crippen molar-refractivity contribution in [2.75, 3.05) is 12.4 Å². The van der Waals surface area contributed by atoms with Crippen molar-refractivity contribution in [3.8, 4) is 0 Å². The molecule has 9 nitrogen and oxygen atoms in total. The first-order valence-electron chi connectivity index (χ1n) is 9.32. The van der Waals surface area contributed by atoms with Crippen LogP contribution < -0.4 is 5.32 Å². The molecular weight excluding hydrogens is 394 g/mol. The van der Waals surface area contributed by atoms with Gasteiger partial charge in [0.05, 0.1) is 17.5 Å². The molecule has 0 spiro atoms. The summed E-state index contributed by atoms with van der Waals surface area (Å²) in [5.41, 5.74) is 1.84. The molecule has 3 aromatic rings. The van der Waals surface area contributed by atoms with Crippen LogP contribution in [-0.4, -0.2) is 56.1 Å². The number of fused-ring (bicyclic) bond motifs is 1. The molecule has 0 amide bonds. The minimum Gasteiger partial charge on any atom is -0.391 e. The molecule has 1 aromatic carbocycles. The summed E-state index contributed by atoms with van der Waals surface area (Å²) in [6, 6.07) is 11.1. The van der Waals surface area contributed by atoms with Crippen LogP contribution in [0.3, 0.4) is 0 Å². The molecule has 1 aliphatic rings. The number of aliphatic hydroxyl groups is 1. The number of nitrogens with zero attached hydrogens (tertiary/aromatic N) is 4. The third kappa shape index (κ3) is 3.97. The van der Waals surface area contributed by atoms with Gasteiger partial charge in [0.15, 0.2) is 0 Å². The first kappa shape index (κ1) is 19.8. The van der Waals surface area contributed by atoms with Crippen LogP contribution in [0.25, 0.3) is 11.0 Å². The Bertz CT molecular complexity index is 1100. The number of anilines is 1. The van der Waals surface area contributed by atoms with Gasteiger partial charge in [-0.1, -0.05) is 30.3 Å². The molecule has 0 radical (unpaired) electrons. The van der Waals surface area contributed by atoms with Crippen molar-refractivity contribution in [3.05, 3.63) is 54.5 Å². The van der Waals surface area contributed by atoms with Crippen LogP contribution in [0.4, 0.5) is 5.82 Å². The molecule has 2 aromatic heterocycles. The molecule has 29 heavy (non-hydrogen) atoms. The van der Waals surface area contributed by atoms with Gasteiger partial charge in [-0.15, -0.1) is 0 Å². The number of rotatable bonds is 6. The molecule has 3 atom stereocenters. The molecular formula is C19H23N5O4S. The van der Waals surface area contributed by atoms with Crippen LogP contribution in [0.5, 0.6) is 0 Å². The van der Waals surface area contributed by atoms with Crippen molar-refractivity contribution in [2.24, 2.45) is 0 Å². The first-order valence-corrected chi connectivity index (χ1v) is 10.7. The summed E-state index contributed by atoms with van der Waals surface area (Å²) in [5.74, 6) is 0.711. The van der Waals surface area contributed by atoms with E-state index in [4.69, 9.17) is 0 Å². The third-order valence-electron chi connectivity index (χ3n) is 5.51.